The number of nitrogens with one attached hydrogen (secondary N) is 2. The van der Waals surface area contributed by atoms with Gasteiger partial charge in [-0.2, -0.15) is 0 Å². The molecule has 0 spiro atoms. The monoisotopic (exact) mass is 362 g/mol. The van der Waals surface area contributed by atoms with Gasteiger partial charge in [0.1, 0.15) is 0 Å². The summed E-state index contributed by atoms with van der Waals surface area (Å²) in [4.78, 5) is 19.0. The Bertz CT molecular complexity index is 540. The Labute approximate surface area is 157 Å². The molecule has 1 aliphatic heterocycles. The number of hydrogen-bond acceptors (Lipinski definition) is 4. The molecule has 1 atom stereocenters. The highest BCUT2D eigenvalue weighted by atomic mass is 16.5. The van der Waals surface area contributed by atoms with Crippen LogP contribution >= 0.6 is 0 Å². The SMILES string of the molecule is CCOc1cc(CNC(=O)NCC(C(CC)CC)N2CCCC2)ccn1. The van der Waals surface area contributed by atoms with E-state index in [-0.39, 0.29) is 6.03 Å². The van der Waals surface area contributed by atoms with Crippen molar-refractivity contribution in [2.45, 2.75) is 59.0 Å². The zero-order chi connectivity index (χ0) is 18.8. The third-order valence-corrected chi connectivity index (χ3v) is 5.22. The number of ether oxygens (including phenoxy) is 1. The number of rotatable bonds is 10. The summed E-state index contributed by atoms with van der Waals surface area (Å²) in [6.07, 6.45) is 6.55. The summed E-state index contributed by atoms with van der Waals surface area (Å²) in [5, 5.41) is 6.02. The predicted octanol–water partition coefficient (Wildman–Crippen LogP) is 3.18. The number of likely N-dealkylation sites (tertiary alicyclic amines) is 1. The molecule has 146 valence electrons. The van der Waals surface area contributed by atoms with Gasteiger partial charge >= 0.3 is 6.03 Å². The van der Waals surface area contributed by atoms with Crippen LogP contribution in [0.2, 0.25) is 0 Å². The lowest BCUT2D eigenvalue weighted by atomic mass is 9.93. The fourth-order valence-corrected chi connectivity index (χ4v) is 3.73. The number of pyridine rings is 1. The molecule has 0 saturated carbocycles. The standard InChI is InChI=1S/C20H34N4O2/c1-4-17(5-2)18(24-11-7-8-12-24)15-23-20(25)22-14-16-9-10-21-19(13-16)26-6-3/h9-10,13,17-18H,4-8,11-12,14-15H2,1-3H3,(H2,22,23,25). The Kier molecular flexibility index (Phi) is 8.68. The van der Waals surface area contributed by atoms with Crippen molar-refractivity contribution in [3.63, 3.8) is 0 Å². The van der Waals surface area contributed by atoms with Crippen LogP contribution < -0.4 is 15.4 Å². The van der Waals surface area contributed by atoms with E-state index in [1.807, 2.05) is 19.1 Å². The van der Waals surface area contributed by atoms with Gasteiger partial charge in [-0.3, -0.25) is 4.90 Å². The van der Waals surface area contributed by atoms with Crippen molar-refractivity contribution in [1.82, 2.24) is 20.5 Å². The fraction of sp³-hybridized carbons (Fsp3) is 0.700. The van der Waals surface area contributed by atoms with Gasteiger partial charge in [0.05, 0.1) is 6.61 Å². The molecule has 0 aromatic carbocycles. The summed E-state index contributed by atoms with van der Waals surface area (Å²) in [6.45, 7) is 10.5. The maximum Gasteiger partial charge on any atom is 0.315 e. The van der Waals surface area contributed by atoms with E-state index < -0.39 is 0 Å². The van der Waals surface area contributed by atoms with Crippen LogP contribution in [0.25, 0.3) is 0 Å². The van der Waals surface area contributed by atoms with E-state index in [1.54, 1.807) is 6.20 Å². The average Bonchev–Trinajstić information content (AvgIpc) is 3.18. The highest BCUT2D eigenvalue weighted by Gasteiger charge is 2.27. The number of carbonyl (C=O) groups excluding carboxylic acids is 1. The molecule has 2 amide bonds. The van der Waals surface area contributed by atoms with Gasteiger partial charge in [0.2, 0.25) is 5.88 Å². The first-order valence-corrected chi connectivity index (χ1v) is 10.0. The third kappa shape index (κ3) is 6.16. The highest BCUT2D eigenvalue weighted by Crippen LogP contribution is 2.22. The normalized spacial score (nSPS) is 15.8. The van der Waals surface area contributed by atoms with E-state index in [9.17, 15) is 4.79 Å². The molecule has 0 bridgehead atoms. The van der Waals surface area contributed by atoms with Gasteiger partial charge in [0, 0.05) is 31.4 Å². The zero-order valence-corrected chi connectivity index (χ0v) is 16.5. The van der Waals surface area contributed by atoms with Crippen LogP contribution in [0.4, 0.5) is 4.79 Å². The van der Waals surface area contributed by atoms with Crippen LogP contribution in [0.15, 0.2) is 18.3 Å². The topological polar surface area (TPSA) is 66.5 Å². The lowest BCUT2D eigenvalue weighted by molar-refractivity contribution is 0.161. The van der Waals surface area contributed by atoms with Gasteiger partial charge in [0.15, 0.2) is 0 Å². The first-order valence-electron chi connectivity index (χ1n) is 10.0. The van der Waals surface area contributed by atoms with Crippen molar-refractivity contribution in [3.05, 3.63) is 23.9 Å². The minimum atomic E-state index is -0.116. The summed E-state index contributed by atoms with van der Waals surface area (Å²) >= 11 is 0. The van der Waals surface area contributed by atoms with E-state index in [1.165, 1.54) is 12.8 Å². The average molecular weight is 363 g/mol. The van der Waals surface area contributed by atoms with Crippen molar-refractivity contribution < 1.29 is 9.53 Å². The molecule has 2 N–H and O–H groups in total. The number of urea groups is 1. The molecule has 2 heterocycles. The molecule has 1 aliphatic rings. The number of amides is 2. The number of aromatic nitrogens is 1. The van der Waals surface area contributed by atoms with Crippen LogP contribution in [-0.4, -0.2) is 48.2 Å². The summed E-state index contributed by atoms with van der Waals surface area (Å²) in [7, 11) is 0. The molecule has 2 rings (SSSR count). The summed E-state index contributed by atoms with van der Waals surface area (Å²) in [5.74, 6) is 1.22. The fourth-order valence-electron chi connectivity index (χ4n) is 3.73. The van der Waals surface area contributed by atoms with Gasteiger partial charge < -0.3 is 15.4 Å². The second-order valence-electron chi connectivity index (χ2n) is 6.89. The first-order chi connectivity index (χ1) is 12.7. The van der Waals surface area contributed by atoms with Gasteiger partial charge in [-0.15, -0.1) is 0 Å². The van der Waals surface area contributed by atoms with Gasteiger partial charge in [-0.1, -0.05) is 26.7 Å². The van der Waals surface area contributed by atoms with Gasteiger partial charge in [-0.25, -0.2) is 9.78 Å². The van der Waals surface area contributed by atoms with Crippen LogP contribution in [0.1, 0.15) is 52.0 Å². The van der Waals surface area contributed by atoms with E-state index >= 15 is 0 Å². The molecule has 0 radical (unpaired) electrons. The second-order valence-corrected chi connectivity index (χ2v) is 6.89. The van der Waals surface area contributed by atoms with E-state index in [2.05, 4.69) is 34.4 Å². The Morgan fingerprint density at radius 2 is 1.96 bits per heavy atom. The molecule has 26 heavy (non-hydrogen) atoms. The maximum atomic E-state index is 12.3. The molecule has 6 heteroatoms. The lowest BCUT2D eigenvalue weighted by Crippen LogP contribution is -2.48. The Balaban J connectivity index is 1.82. The van der Waals surface area contributed by atoms with Crippen LogP contribution in [0, 0.1) is 5.92 Å². The Morgan fingerprint density at radius 3 is 2.62 bits per heavy atom. The van der Waals surface area contributed by atoms with E-state index in [4.69, 9.17) is 4.74 Å². The van der Waals surface area contributed by atoms with Crippen molar-refractivity contribution in [3.8, 4) is 5.88 Å². The predicted molar refractivity (Wildman–Crippen MR) is 104 cm³/mol. The number of carbonyl (C=O) groups is 1. The lowest BCUT2D eigenvalue weighted by Gasteiger charge is -2.33. The maximum absolute atomic E-state index is 12.3. The summed E-state index contributed by atoms with van der Waals surface area (Å²) < 4.78 is 5.40. The van der Waals surface area contributed by atoms with Crippen LogP contribution in [0.5, 0.6) is 5.88 Å². The number of nitrogens with zero attached hydrogens (tertiary/aromatic N) is 2. The third-order valence-electron chi connectivity index (χ3n) is 5.22. The smallest absolute Gasteiger partial charge is 0.315 e. The summed E-state index contributed by atoms with van der Waals surface area (Å²) in [5.41, 5.74) is 0.981. The second kappa shape index (κ2) is 11.0. The molecule has 1 unspecified atom stereocenters. The molecular weight excluding hydrogens is 328 g/mol. The van der Waals surface area contributed by atoms with Crippen molar-refractivity contribution in [2.75, 3.05) is 26.2 Å². The van der Waals surface area contributed by atoms with Crippen LogP contribution in [0.3, 0.4) is 0 Å². The molecule has 6 nitrogen and oxygen atoms in total. The van der Waals surface area contributed by atoms with E-state index in [0.29, 0.717) is 37.5 Å². The van der Waals surface area contributed by atoms with Crippen molar-refractivity contribution in [1.29, 1.82) is 0 Å². The molecule has 0 aliphatic carbocycles. The number of hydrogen-bond donors (Lipinski definition) is 2. The molecule has 1 fully saturated rings. The highest BCUT2D eigenvalue weighted by molar-refractivity contribution is 5.73. The minimum absolute atomic E-state index is 0.116. The quantitative estimate of drug-likeness (QED) is 0.671. The molecule has 1 aromatic heterocycles. The Hall–Kier alpha value is -1.82. The van der Waals surface area contributed by atoms with E-state index in [0.717, 1.165) is 31.5 Å². The zero-order valence-electron chi connectivity index (χ0n) is 16.5. The summed E-state index contributed by atoms with van der Waals surface area (Å²) in [6, 6.07) is 4.07. The van der Waals surface area contributed by atoms with Crippen molar-refractivity contribution in [2.24, 2.45) is 5.92 Å². The Morgan fingerprint density at radius 1 is 1.23 bits per heavy atom. The minimum Gasteiger partial charge on any atom is -0.478 e. The molecular formula is C20H34N4O2. The molecule has 1 aromatic rings. The van der Waals surface area contributed by atoms with Gasteiger partial charge in [-0.05, 0) is 50.4 Å². The molecule has 1 saturated heterocycles. The first kappa shape index (κ1) is 20.5. The largest absolute Gasteiger partial charge is 0.478 e. The van der Waals surface area contributed by atoms with Crippen LogP contribution in [-0.2, 0) is 6.54 Å². The van der Waals surface area contributed by atoms with Gasteiger partial charge in [0.25, 0.3) is 0 Å². The van der Waals surface area contributed by atoms with Crippen molar-refractivity contribution >= 4 is 6.03 Å².